The normalized spacial score (nSPS) is 35.1. The molecule has 1 heterocycles. The first kappa shape index (κ1) is 13.1. The van der Waals surface area contributed by atoms with Crippen molar-refractivity contribution in [2.45, 2.75) is 69.7 Å². The second-order valence-electron chi connectivity index (χ2n) is 6.21. The maximum absolute atomic E-state index is 5.56. The third-order valence-electron chi connectivity index (χ3n) is 5.15. The van der Waals surface area contributed by atoms with Gasteiger partial charge in [0.05, 0.1) is 5.92 Å². The molecule has 0 saturated heterocycles. The van der Waals surface area contributed by atoms with E-state index in [2.05, 4.69) is 17.4 Å². The molecule has 0 amide bonds. The third-order valence-corrected chi connectivity index (χ3v) is 5.15. The van der Waals surface area contributed by atoms with Crippen molar-refractivity contribution in [2.24, 2.45) is 5.92 Å². The standard InChI is InChI=1S/C15H25N3O/c1-3-10-7-8-11(9-10)14-17-15(19-18-14)12-5-4-6-13(12)16-2/h10-13,16H,3-9H2,1-2H3. The lowest BCUT2D eigenvalue weighted by atomic mass is 10.0. The highest BCUT2D eigenvalue weighted by Gasteiger charge is 2.34. The minimum atomic E-state index is 0.426. The molecule has 106 valence electrons. The fraction of sp³-hybridized carbons (Fsp3) is 0.867. The summed E-state index contributed by atoms with van der Waals surface area (Å²) < 4.78 is 5.56. The molecule has 0 bridgehead atoms. The molecule has 2 fully saturated rings. The Labute approximate surface area is 115 Å². The Hall–Kier alpha value is -0.900. The van der Waals surface area contributed by atoms with Crippen molar-refractivity contribution in [1.29, 1.82) is 0 Å². The van der Waals surface area contributed by atoms with Gasteiger partial charge in [-0.05, 0) is 45.1 Å². The predicted molar refractivity (Wildman–Crippen MR) is 74.1 cm³/mol. The fourth-order valence-electron chi connectivity index (χ4n) is 3.85. The zero-order chi connectivity index (χ0) is 13.2. The van der Waals surface area contributed by atoms with Gasteiger partial charge in [-0.3, -0.25) is 0 Å². The molecule has 2 aliphatic carbocycles. The van der Waals surface area contributed by atoms with Crippen LogP contribution in [-0.4, -0.2) is 23.2 Å². The number of nitrogens with zero attached hydrogens (tertiary/aromatic N) is 2. The van der Waals surface area contributed by atoms with Crippen LogP contribution in [-0.2, 0) is 0 Å². The highest BCUT2D eigenvalue weighted by molar-refractivity contribution is 5.06. The van der Waals surface area contributed by atoms with Crippen LogP contribution >= 0.6 is 0 Å². The molecule has 0 radical (unpaired) electrons. The van der Waals surface area contributed by atoms with Gasteiger partial charge in [-0.15, -0.1) is 0 Å². The average Bonchev–Trinajstić information content (AvgIpc) is 3.16. The first-order chi connectivity index (χ1) is 9.31. The molecule has 4 nitrogen and oxygen atoms in total. The summed E-state index contributed by atoms with van der Waals surface area (Å²) in [5.41, 5.74) is 0. The zero-order valence-electron chi connectivity index (χ0n) is 12.1. The summed E-state index contributed by atoms with van der Waals surface area (Å²) in [7, 11) is 2.03. The number of likely N-dealkylation sites (N-methyl/N-ethyl adjacent to an activating group) is 1. The van der Waals surface area contributed by atoms with Crippen molar-refractivity contribution < 1.29 is 4.52 Å². The molecule has 0 aromatic carbocycles. The SMILES string of the molecule is CCC1CCC(c2noc(C3CCCC3NC)n2)C1. The van der Waals surface area contributed by atoms with Gasteiger partial charge in [0.2, 0.25) is 5.89 Å². The number of hydrogen-bond donors (Lipinski definition) is 1. The lowest BCUT2D eigenvalue weighted by Gasteiger charge is -2.14. The number of nitrogens with one attached hydrogen (secondary N) is 1. The molecule has 0 spiro atoms. The van der Waals surface area contributed by atoms with Crippen LogP contribution in [0, 0.1) is 5.92 Å². The van der Waals surface area contributed by atoms with Gasteiger partial charge in [0, 0.05) is 12.0 Å². The highest BCUT2D eigenvalue weighted by Crippen LogP contribution is 2.40. The lowest BCUT2D eigenvalue weighted by Crippen LogP contribution is -2.27. The second kappa shape index (κ2) is 5.61. The van der Waals surface area contributed by atoms with E-state index < -0.39 is 0 Å². The van der Waals surface area contributed by atoms with Crippen LogP contribution in [0.25, 0.3) is 0 Å². The van der Waals surface area contributed by atoms with Crippen LogP contribution in [0.4, 0.5) is 0 Å². The topological polar surface area (TPSA) is 51.0 Å². The molecule has 2 saturated carbocycles. The smallest absolute Gasteiger partial charge is 0.231 e. The summed E-state index contributed by atoms with van der Waals surface area (Å²) in [5, 5.41) is 7.65. The molecule has 4 heteroatoms. The summed E-state index contributed by atoms with van der Waals surface area (Å²) >= 11 is 0. The van der Waals surface area contributed by atoms with Crippen LogP contribution in [0.2, 0.25) is 0 Å². The van der Waals surface area contributed by atoms with Gasteiger partial charge in [0.15, 0.2) is 5.82 Å². The van der Waals surface area contributed by atoms with E-state index in [1.807, 2.05) is 7.05 Å². The Morgan fingerprint density at radius 2 is 2.16 bits per heavy atom. The van der Waals surface area contributed by atoms with E-state index in [1.165, 1.54) is 44.9 Å². The molecular weight excluding hydrogens is 238 g/mol. The maximum Gasteiger partial charge on any atom is 0.231 e. The van der Waals surface area contributed by atoms with E-state index >= 15 is 0 Å². The van der Waals surface area contributed by atoms with Gasteiger partial charge in [0.1, 0.15) is 0 Å². The summed E-state index contributed by atoms with van der Waals surface area (Å²) in [4.78, 5) is 4.72. The summed E-state index contributed by atoms with van der Waals surface area (Å²) in [6.07, 6.45) is 8.75. The molecule has 4 atom stereocenters. The van der Waals surface area contributed by atoms with E-state index in [1.54, 1.807) is 0 Å². The predicted octanol–water partition coefficient (Wildman–Crippen LogP) is 3.22. The third kappa shape index (κ3) is 2.55. The Morgan fingerprint density at radius 1 is 1.26 bits per heavy atom. The van der Waals surface area contributed by atoms with Crippen LogP contribution in [0.5, 0.6) is 0 Å². The number of aromatic nitrogens is 2. The van der Waals surface area contributed by atoms with Gasteiger partial charge in [-0.25, -0.2) is 0 Å². The van der Waals surface area contributed by atoms with Gasteiger partial charge >= 0.3 is 0 Å². The van der Waals surface area contributed by atoms with Crippen LogP contribution in [0.1, 0.15) is 75.4 Å². The molecule has 2 aliphatic rings. The van der Waals surface area contributed by atoms with E-state index in [-0.39, 0.29) is 0 Å². The molecule has 4 unspecified atom stereocenters. The van der Waals surface area contributed by atoms with Crippen molar-refractivity contribution in [3.8, 4) is 0 Å². The van der Waals surface area contributed by atoms with Crippen molar-refractivity contribution in [3.63, 3.8) is 0 Å². The quantitative estimate of drug-likeness (QED) is 0.906. The van der Waals surface area contributed by atoms with E-state index in [0.29, 0.717) is 17.9 Å². The first-order valence-corrected chi connectivity index (χ1v) is 7.82. The van der Waals surface area contributed by atoms with Crippen LogP contribution in [0.15, 0.2) is 4.52 Å². The summed E-state index contributed by atoms with van der Waals surface area (Å²) in [6.45, 7) is 2.28. The molecule has 1 N–H and O–H groups in total. The molecule has 1 aromatic rings. The Kier molecular flexibility index (Phi) is 3.87. The molecule has 19 heavy (non-hydrogen) atoms. The minimum Gasteiger partial charge on any atom is -0.339 e. The van der Waals surface area contributed by atoms with Gasteiger partial charge in [-0.2, -0.15) is 4.98 Å². The first-order valence-electron chi connectivity index (χ1n) is 7.82. The van der Waals surface area contributed by atoms with Crippen molar-refractivity contribution >= 4 is 0 Å². The summed E-state index contributed by atoms with van der Waals surface area (Å²) in [5.74, 6) is 3.66. The van der Waals surface area contributed by atoms with Crippen molar-refractivity contribution in [2.75, 3.05) is 7.05 Å². The number of hydrogen-bond acceptors (Lipinski definition) is 4. The Bertz CT molecular complexity index is 417. The van der Waals surface area contributed by atoms with Crippen molar-refractivity contribution in [3.05, 3.63) is 11.7 Å². The summed E-state index contributed by atoms with van der Waals surface area (Å²) in [6, 6.07) is 0.514. The second-order valence-corrected chi connectivity index (χ2v) is 6.21. The van der Waals surface area contributed by atoms with Gasteiger partial charge in [-0.1, -0.05) is 24.9 Å². The van der Waals surface area contributed by atoms with E-state index in [9.17, 15) is 0 Å². The van der Waals surface area contributed by atoms with E-state index in [0.717, 1.165) is 17.6 Å². The molecule has 0 aliphatic heterocycles. The number of rotatable bonds is 4. The Morgan fingerprint density at radius 3 is 2.89 bits per heavy atom. The maximum atomic E-state index is 5.56. The van der Waals surface area contributed by atoms with Crippen LogP contribution in [0.3, 0.4) is 0 Å². The monoisotopic (exact) mass is 263 g/mol. The van der Waals surface area contributed by atoms with Crippen molar-refractivity contribution in [1.82, 2.24) is 15.5 Å². The molecular formula is C15H25N3O. The minimum absolute atomic E-state index is 0.426. The van der Waals surface area contributed by atoms with Crippen LogP contribution < -0.4 is 5.32 Å². The largest absolute Gasteiger partial charge is 0.339 e. The fourth-order valence-corrected chi connectivity index (χ4v) is 3.85. The molecule has 1 aromatic heterocycles. The average molecular weight is 263 g/mol. The van der Waals surface area contributed by atoms with E-state index in [4.69, 9.17) is 9.51 Å². The van der Waals surface area contributed by atoms with Gasteiger partial charge < -0.3 is 9.84 Å². The lowest BCUT2D eigenvalue weighted by molar-refractivity contribution is 0.330. The molecule has 3 rings (SSSR count). The van der Waals surface area contributed by atoms with Gasteiger partial charge in [0.25, 0.3) is 0 Å². The highest BCUT2D eigenvalue weighted by atomic mass is 16.5. The zero-order valence-corrected chi connectivity index (χ0v) is 12.1. The Balaban J connectivity index is 1.69.